The fourth-order valence-corrected chi connectivity index (χ4v) is 5.22. The lowest BCUT2D eigenvalue weighted by Crippen LogP contribution is -2.15. The van der Waals surface area contributed by atoms with Gasteiger partial charge in [0.1, 0.15) is 10.6 Å². The Morgan fingerprint density at radius 1 is 1.10 bits per heavy atom. The number of thiazole rings is 1. The van der Waals surface area contributed by atoms with Crippen LogP contribution in [0.15, 0.2) is 46.7 Å². The Hall–Kier alpha value is -2.04. The van der Waals surface area contributed by atoms with Gasteiger partial charge in [-0.1, -0.05) is 34.8 Å². The number of ether oxygens (including phenoxy) is 1. The summed E-state index contributed by atoms with van der Waals surface area (Å²) in [4.78, 5) is 4.59. The van der Waals surface area contributed by atoms with Gasteiger partial charge < -0.3 is 4.74 Å². The number of fused-ring (bicyclic) bond motifs is 1. The molecule has 12 heteroatoms. The molecule has 0 saturated carbocycles. The van der Waals surface area contributed by atoms with Gasteiger partial charge in [-0.15, -0.1) is 16.4 Å². The summed E-state index contributed by atoms with van der Waals surface area (Å²) in [5.41, 5.74) is 1.29. The number of hydrogen-bond acceptors (Lipinski definition) is 6. The zero-order valence-corrected chi connectivity index (χ0v) is 18.5. The van der Waals surface area contributed by atoms with Crippen LogP contribution >= 0.6 is 46.1 Å². The third-order valence-electron chi connectivity index (χ3n) is 3.93. The lowest BCUT2D eigenvalue weighted by Gasteiger charge is -2.09. The number of rotatable bonds is 5. The standard InChI is InChI=1S/C17H11Cl3N4O3S2/c1-27-14-5-3-10(19)7-15(14)29(25,26)23-16-21-17-24(22-16)13(8-28-17)11-6-9(18)2-4-12(11)20/h2-8H,1H3,(H,22,23). The zero-order valence-electron chi connectivity index (χ0n) is 14.6. The van der Waals surface area contributed by atoms with E-state index in [1.807, 2.05) is 5.38 Å². The Balaban J connectivity index is 1.74. The monoisotopic (exact) mass is 488 g/mol. The molecule has 0 saturated heterocycles. The highest BCUT2D eigenvalue weighted by atomic mass is 35.5. The van der Waals surface area contributed by atoms with Crippen LogP contribution in [-0.2, 0) is 10.0 Å². The molecule has 0 aliphatic rings. The van der Waals surface area contributed by atoms with Crippen molar-refractivity contribution in [2.45, 2.75) is 4.90 Å². The molecule has 29 heavy (non-hydrogen) atoms. The van der Waals surface area contributed by atoms with Gasteiger partial charge in [-0.3, -0.25) is 0 Å². The number of anilines is 1. The van der Waals surface area contributed by atoms with Gasteiger partial charge in [-0.2, -0.15) is 4.98 Å². The smallest absolute Gasteiger partial charge is 0.268 e. The van der Waals surface area contributed by atoms with E-state index in [0.29, 0.717) is 26.3 Å². The second kappa shape index (κ2) is 7.66. The molecule has 0 atom stereocenters. The van der Waals surface area contributed by atoms with Crippen molar-refractivity contribution in [3.8, 4) is 17.0 Å². The van der Waals surface area contributed by atoms with Gasteiger partial charge in [0.15, 0.2) is 0 Å². The van der Waals surface area contributed by atoms with E-state index < -0.39 is 10.0 Å². The van der Waals surface area contributed by atoms with Crippen LogP contribution in [-0.4, -0.2) is 30.1 Å². The minimum atomic E-state index is -4.04. The van der Waals surface area contributed by atoms with Crippen LogP contribution in [0.5, 0.6) is 5.75 Å². The maximum Gasteiger partial charge on any atom is 0.268 e. The number of aromatic nitrogens is 3. The highest BCUT2D eigenvalue weighted by molar-refractivity contribution is 7.92. The van der Waals surface area contributed by atoms with Crippen molar-refractivity contribution in [3.63, 3.8) is 0 Å². The molecule has 150 valence electrons. The van der Waals surface area contributed by atoms with Gasteiger partial charge in [-0.25, -0.2) is 17.7 Å². The Morgan fingerprint density at radius 3 is 2.59 bits per heavy atom. The summed E-state index contributed by atoms with van der Waals surface area (Å²) < 4.78 is 34.6. The molecule has 0 spiro atoms. The van der Waals surface area contributed by atoms with Crippen molar-refractivity contribution in [1.29, 1.82) is 0 Å². The van der Waals surface area contributed by atoms with Crippen molar-refractivity contribution in [2.24, 2.45) is 0 Å². The SMILES string of the molecule is COc1ccc(Cl)cc1S(=O)(=O)Nc1nc2scc(-c3cc(Cl)ccc3Cl)n2n1. The van der Waals surface area contributed by atoms with E-state index in [0.717, 1.165) is 0 Å². The Morgan fingerprint density at radius 2 is 1.83 bits per heavy atom. The van der Waals surface area contributed by atoms with E-state index in [1.54, 1.807) is 18.2 Å². The predicted octanol–water partition coefficient (Wildman–Crippen LogP) is 5.23. The average molecular weight is 490 g/mol. The Kier molecular flexibility index (Phi) is 5.34. The van der Waals surface area contributed by atoms with Gasteiger partial charge in [0.25, 0.3) is 16.0 Å². The molecular formula is C17H11Cl3N4O3S2. The third kappa shape index (κ3) is 3.88. The zero-order chi connectivity index (χ0) is 20.8. The van der Waals surface area contributed by atoms with E-state index in [1.165, 1.54) is 41.2 Å². The quantitative estimate of drug-likeness (QED) is 0.415. The van der Waals surface area contributed by atoms with Gasteiger partial charge in [0.2, 0.25) is 4.96 Å². The minimum absolute atomic E-state index is 0.0988. The summed E-state index contributed by atoms with van der Waals surface area (Å²) in [5, 5.41) is 7.32. The molecular weight excluding hydrogens is 479 g/mol. The minimum Gasteiger partial charge on any atom is -0.495 e. The normalized spacial score (nSPS) is 11.7. The highest BCUT2D eigenvalue weighted by Crippen LogP contribution is 2.34. The van der Waals surface area contributed by atoms with Gasteiger partial charge in [0.05, 0.1) is 17.8 Å². The summed E-state index contributed by atoms with van der Waals surface area (Å²) in [5.74, 6) is 0.0487. The van der Waals surface area contributed by atoms with Crippen molar-refractivity contribution in [2.75, 3.05) is 11.8 Å². The summed E-state index contributed by atoms with van der Waals surface area (Å²) in [6, 6.07) is 9.34. The van der Waals surface area contributed by atoms with Crippen LogP contribution in [0.2, 0.25) is 15.1 Å². The van der Waals surface area contributed by atoms with Crippen LogP contribution in [0.3, 0.4) is 0 Å². The maximum atomic E-state index is 12.8. The second-order valence-electron chi connectivity index (χ2n) is 5.78. The largest absolute Gasteiger partial charge is 0.495 e. The molecule has 2 heterocycles. The number of sulfonamides is 1. The molecule has 0 unspecified atom stereocenters. The number of nitrogens with one attached hydrogen (secondary N) is 1. The molecule has 4 rings (SSSR count). The van der Waals surface area contributed by atoms with Crippen LogP contribution < -0.4 is 9.46 Å². The molecule has 0 aliphatic heterocycles. The molecule has 1 N–H and O–H groups in total. The molecule has 0 aliphatic carbocycles. The van der Waals surface area contributed by atoms with Crippen molar-refractivity contribution in [3.05, 3.63) is 56.8 Å². The first-order chi connectivity index (χ1) is 13.8. The number of benzene rings is 2. The Labute approximate surface area is 184 Å². The Bertz CT molecular complexity index is 1340. The van der Waals surface area contributed by atoms with Crippen molar-refractivity contribution >= 4 is 67.1 Å². The molecule has 2 aromatic carbocycles. The molecule has 0 radical (unpaired) electrons. The number of nitrogens with zero attached hydrogens (tertiary/aromatic N) is 3. The molecule has 4 aromatic rings. The van der Waals surface area contributed by atoms with Crippen LogP contribution in [0.1, 0.15) is 0 Å². The van der Waals surface area contributed by atoms with Gasteiger partial charge in [0, 0.05) is 21.0 Å². The fraction of sp³-hybridized carbons (Fsp3) is 0.0588. The summed E-state index contributed by atoms with van der Waals surface area (Å²) in [6.45, 7) is 0. The van der Waals surface area contributed by atoms with Crippen LogP contribution in [0.4, 0.5) is 5.95 Å². The molecule has 0 bridgehead atoms. The van der Waals surface area contributed by atoms with Crippen LogP contribution in [0, 0.1) is 0 Å². The molecule has 0 fully saturated rings. The highest BCUT2D eigenvalue weighted by Gasteiger charge is 2.23. The van der Waals surface area contributed by atoms with Crippen molar-refractivity contribution < 1.29 is 13.2 Å². The summed E-state index contributed by atoms with van der Waals surface area (Å²) in [7, 11) is -2.67. The van der Waals surface area contributed by atoms with E-state index >= 15 is 0 Å². The second-order valence-corrected chi connectivity index (χ2v) is 9.54. The number of hydrogen-bond donors (Lipinski definition) is 1. The molecule has 7 nitrogen and oxygen atoms in total. The first-order valence-electron chi connectivity index (χ1n) is 7.94. The van der Waals surface area contributed by atoms with Gasteiger partial charge >= 0.3 is 0 Å². The molecule has 2 aromatic heterocycles. The first-order valence-corrected chi connectivity index (χ1v) is 11.4. The summed E-state index contributed by atoms with van der Waals surface area (Å²) >= 11 is 19.6. The number of methoxy groups -OCH3 is 1. The lowest BCUT2D eigenvalue weighted by atomic mass is 10.2. The average Bonchev–Trinajstić information content (AvgIpc) is 3.23. The van der Waals surface area contributed by atoms with E-state index in [4.69, 9.17) is 39.5 Å². The van der Waals surface area contributed by atoms with Crippen LogP contribution in [0.25, 0.3) is 16.2 Å². The number of halogens is 3. The van der Waals surface area contributed by atoms with Gasteiger partial charge in [-0.05, 0) is 36.4 Å². The van der Waals surface area contributed by atoms with E-state index in [2.05, 4.69) is 14.8 Å². The third-order valence-corrected chi connectivity index (χ3v) is 6.89. The summed E-state index contributed by atoms with van der Waals surface area (Å²) in [6.07, 6.45) is 0. The fourth-order valence-electron chi connectivity index (χ4n) is 2.64. The topological polar surface area (TPSA) is 85.6 Å². The maximum absolute atomic E-state index is 12.8. The predicted molar refractivity (Wildman–Crippen MR) is 115 cm³/mol. The van der Waals surface area contributed by atoms with Crippen molar-refractivity contribution in [1.82, 2.24) is 14.6 Å². The molecule has 0 amide bonds. The lowest BCUT2D eigenvalue weighted by molar-refractivity contribution is 0.403. The van der Waals surface area contributed by atoms with E-state index in [-0.39, 0.29) is 21.6 Å². The van der Waals surface area contributed by atoms with E-state index in [9.17, 15) is 8.42 Å². The first kappa shape index (κ1) is 20.2.